The van der Waals surface area contributed by atoms with E-state index in [9.17, 15) is 4.79 Å². The van der Waals surface area contributed by atoms with E-state index in [0.29, 0.717) is 12.1 Å². The third-order valence-corrected chi connectivity index (χ3v) is 4.26. The largest absolute Gasteiger partial charge is 0.467 e. The highest BCUT2D eigenvalue weighted by atomic mass is 35.5. The number of nitrogens with one attached hydrogen (secondary N) is 1. The predicted molar refractivity (Wildman–Crippen MR) is 94.8 cm³/mol. The van der Waals surface area contributed by atoms with Crippen LogP contribution in [0, 0.1) is 0 Å². The number of hydrogen-bond acceptors (Lipinski definition) is 5. The summed E-state index contributed by atoms with van der Waals surface area (Å²) in [4.78, 5) is 13.8. The Bertz CT molecular complexity index is 690. The van der Waals surface area contributed by atoms with Crippen LogP contribution in [-0.4, -0.2) is 37.6 Å². The lowest BCUT2D eigenvalue weighted by atomic mass is 10.0. The second-order valence-corrected chi connectivity index (χ2v) is 5.98. The van der Waals surface area contributed by atoms with Crippen LogP contribution in [0.3, 0.4) is 0 Å². The van der Waals surface area contributed by atoms with Gasteiger partial charge in [0, 0.05) is 30.7 Å². The van der Waals surface area contributed by atoms with Gasteiger partial charge >= 0.3 is 5.97 Å². The molecule has 24 heavy (non-hydrogen) atoms. The molecule has 0 radical (unpaired) electrons. The lowest BCUT2D eigenvalue weighted by molar-refractivity contribution is 0.0600. The van der Waals surface area contributed by atoms with E-state index in [1.54, 1.807) is 6.07 Å². The molecule has 5 nitrogen and oxygen atoms in total. The average Bonchev–Trinajstić information content (AvgIpc) is 3.03. The van der Waals surface area contributed by atoms with Gasteiger partial charge in [-0.15, -0.1) is 12.4 Å². The minimum Gasteiger partial charge on any atom is -0.467 e. The first-order valence-electron chi connectivity index (χ1n) is 7.53. The van der Waals surface area contributed by atoms with Crippen LogP contribution in [0.2, 0.25) is 5.02 Å². The second kappa shape index (κ2) is 8.53. The Morgan fingerprint density at radius 2 is 2.29 bits per heavy atom. The van der Waals surface area contributed by atoms with Crippen LogP contribution in [0.1, 0.15) is 27.7 Å². The van der Waals surface area contributed by atoms with E-state index in [1.165, 1.54) is 18.9 Å². The van der Waals surface area contributed by atoms with Gasteiger partial charge in [0.2, 0.25) is 0 Å². The fraction of sp³-hybridized carbons (Fsp3) is 0.353. The van der Waals surface area contributed by atoms with Gasteiger partial charge in [0.25, 0.3) is 0 Å². The number of piperazine rings is 1. The number of esters is 1. The molecule has 0 spiro atoms. The standard InChI is InChI=1S/C17H19ClN2O3.ClH/c1-22-17(21)13-8-15(23-11-13)10-20-6-5-19-9-16(20)12-3-2-4-14(18)7-12;/h2-4,7-8,11,16,19H,5-6,9-10H2,1H3;1H. The minimum atomic E-state index is -0.383. The van der Waals surface area contributed by atoms with Crippen LogP contribution < -0.4 is 5.32 Å². The van der Waals surface area contributed by atoms with Gasteiger partial charge in [-0.2, -0.15) is 0 Å². The Hall–Kier alpha value is -1.53. The normalized spacial score (nSPS) is 18.0. The number of hydrogen-bond donors (Lipinski definition) is 1. The number of nitrogens with zero attached hydrogens (tertiary/aromatic N) is 1. The predicted octanol–water partition coefficient (Wildman–Crippen LogP) is 3.29. The van der Waals surface area contributed by atoms with Crippen molar-refractivity contribution in [2.24, 2.45) is 0 Å². The second-order valence-electron chi connectivity index (χ2n) is 5.54. The highest BCUT2D eigenvalue weighted by Gasteiger charge is 2.25. The first kappa shape index (κ1) is 18.8. The molecule has 1 aliphatic heterocycles. The van der Waals surface area contributed by atoms with Crippen LogP contribution in [0.25, 0.3) is 0 Å². The third kappa shape index (κ3) is 4.30. The molecule has 130 valence electrons. The van der Waals surface area contributed by atoms with Crippen LogP contribution in [0.5, 0.6) is 0 Å². The molecule has 0 aliphatic carbocycles. The SMILES string of the molecule is COC(=O)c1coc(CN2CCNCC2c2cccc(Cl)c2)c1.Cl. The van der Waals surface area contributed by atoms with Crippen molar-refractivity contribution in [3.8, 4) is 0 Å². The number of methoxy groups -OCH3 is 1. The summed E-state index contributed by atoms with van der Waals surface area (Å²) in [5.41, 5.74) is 1.61. The van der Waals surface area contributed by atoms with E-state index >= 15 is 0 Å². The summed E-state index contributed by atoms with van der Waals surface area (Å²) in [6.07, 6.45) is 1.44. The molecule has 1 saturated heterocycles. The lowest BCUT2D eigenvalue weighted by Crippen LogP contribution is -2.45. The molecule has 1 aromatic carbocycles. The number of halogens is 2. The Labute approximate surface area is 152 Å². The van der Waals surface area contributed by atoms with Gasteiger partial charge < -0.3 is 14.5 Å². The van der Waals surface area contributed by atoms with Crippen molar-refractivity contribution in [3.05, 3.63) is 58.5 Å². The van der Waals surface area contributed by atoms with E-state index < -0.39 is 0 Å². The van der Waals surface area contributed by atoms with E-state index in [-0.39, 0.29) is 24.4 Å². The van der Waals surface area contributed by atoms with Gasteiger partial charge in [0.05, 0.1) is 19.2 Å². The minimum absolute atomic E-state index is 0. The fourth-order valence-electron chi connectivity index (χ4n) is 2.87. The van der Waals surface area contributed by atoms with E-state index in [0.717, 1.165) is 30.4 Å². The topological polar surface area (TPSA) is 54.7 Å². The van der Waals surface area contributed by atoms with E-state index in [2.05, 4.69) is 16.3 Å². The van der Waals surface area contributed by atoms with Gasteiger partial charge in [-0.1, -0.05) is 23.7 Å². The summed E-state index contributed by atoms with van der Waals surface area (Å²) in [6.45, 7) is 3.30. The fourth-order valence-corrected chi connectivity index (χ4v) is 3.07. The van der Waals surface area contributed by atoms with Gasteiger partial charge in [-0.25, -0.2) is 4.79 Å². The maximum absolute atomic E-state index is 11.5. The number of carbonyl (C=O) groups is 1. The maximum Gasteiger partial charge on any atom is 0.341 e. The summed E-state index contributed by atoms with van der Waals surface area (Å²) >= 11 is 6.12. The summed E-state index contributed by atoms with van der Waals surface area (Å²) in [5.74, 6) is 0.367. The zero-order valence-electron chi connectivity index (χ0n) is 13.3. The number of rotatable bonds is 4. The summed E-state index contributed by atoms with van der Waals surface area (Å²) in [5, 5.41) is 4.15. The molecule has 1 aromatic heterocycles. The molecular formula is C17H20Cl2N2O3. The summed E-state index contributed by atoms with van der Waals surface area (Å²) < 4.78 is 10.2. The lowest BCUT2D eigenvalue weighted by Gasteiger charge is -2.36. The Morgan fingerprint density at radius 1 is 1.46 bits per heavy atom. The number of carbonyl (C=O) groups excluding carboxylic acids is 1. The first-order chi connectivity index (χ1) is 11.2. The Balaban J connectivity index is 0.00000208. The van der Waals surface area contributed by atoms with Crippen LogP contribution in [0.15, 0.2) is 41.0 Å². The van der Waals surface area contributed by atoms with Gasteiger partial charge in [-0.05, 0) is 23.8 Å². The van der Waals surface area contributed by atoms with Crippen molar-refractivity contribution in [1.29, 1.82) is 0 Å². The van der Waals surface area contributed by atoms with Gasteiger partial charge in [0.1, 0.15) is 12.0 Å². The Kier molecular flexibility index (Phi) is 6.69. The molecule has 2 aromatic rings. The highest BCUT2D eigenvalue weighted by molar-refractivity contribution is 6.30. The van der Waals surface area contributed by atoms with Crippen molar-refractivity contribution in [2.75, 3.05) is 26.7 Å². The van der Waals surface area contributed by atoms with Gasteiger partial charge in [0.15, 0.2) is 0 Å². The monoisotopic (exact) mass is 370 g/mol. The molecule has 2 heterocycles. The van der Waals surface area contributed by atoms with Crippen molar-refractivity contribution in [2.45, 2.75) is 12.6 Å². The van der Waals surface area contributed by atoms with Crippen LogP contribution in [0.4, 0.5) is 0 Å². The smallest absolute Gasteiger partial charge is 0.341 e. The highest BCUT2D eigenvalue weighted by Crippen LogP contribution is 2.26. The first-order valence-corrected chi connectivity index (χ1v) is 7.91. The van der Waals surface area contributed by atoms with Crippen molar-refractivity contribution in [1.82, 2.24) is 10.2 Å². The molecule has 1 N–H and O–H groups in total. The third-order valence-electron chi connectivity index (χ3n) is 4.02. The zero-order chi connectivity index (χ0) is 16.2. The van der Waals surface area contributed by atoms with Gasteiger partial charge in [-0.3, -0.25) is 4.90 Å². The summed E-state index contributed by atoms with van der Waals surface area (Å²) in [6, 6.07) is 9.87. The average molecular weight is 371 g/mol. The molecular weight excluding hydrogens is 351 g/mol. The quantitative estimate of drug-likeness (QED) is 0.836. The maximum atomic E-state index is 11.5. The number of furan rings is 1. The molecule has 0 saturated carbocycles. The molecule has 7 heteroatoms. The molecule has 1 unspecified atom stereocenters. The Morgan fingerprint density at radius 3 is 3.04 bits per heavy atom. The van der Waals surface area contributed by atoms with Crippen molar-refractivity contribution in [3.63, 3.8) is 0 Å². The van der Waals surface area contributed by atoms with E-state index in [4.69, 9.17) is 20.8 Å². The number of ether oxygens (including phenoxy) is 1. The molecule has 1 fully saturated rings. The molecule has 0 amide bonds. The summed E-state index contributed by atoms with van der Waals surface area (Å²) in [7, 11) is 1.36. The van der Waals surface area contributed by atoms with E-state index in [1.807, 2.05) is 18.2 Å². The molecule has 1 atom stereocenters. The van der Waals surface area contributed by atoms with Crippen LogP contribution in [-0.2, 0) is 11.3 Å². The molecule has 0 bridgehead atoms. The number of benzene rings is 1. The zero-order valence-corrected chi connectivity index (χ0v) is 14.9. The van der Waals surface area contributed by atoms with Crippen molar-refractivity contribution < 1.29 is 13.9 Å². The van der Waals surface area contributed by atoms with Crippen LogP contribution >= 0.6 is 24.0 Å². The molecule has 3 rings (SSSR count). The molecule has 1 aliphatic rings. The van der Waals surface area contributed by atoms with Crippen molar-refractivity contribution >= 4 is 30.0 Å².